The zero-order valence-corrected chi connectivity index (χ0v) is 9.06. The lowest BCUT2D eigenvalue weighted by atomic mass is 10.4. The highest BCUT2D eigenvalue weighted by atomic mass is 32.2. The molecule has 2 amide bonds. The van der Waals surface area contributed by atoms with Crippen LogP contribution in [0.1, 0.15) is 19.8 Å². The van der Waals surface area contributed by atoms with Gasteiger partial charge in [0, 0.05) is 5.75 Å². The van der Waals surface area contributed by atoms with Crippen molar-refractivity contribution in [2.24, 2.45) is 5.73 Å². The van der Waals surface area contributed by atoms with E-state index in [1.54, 1.807) is 0 Å². The molecule has 0 aromatic rings. The molecule has 0 aromatic carbocycles. The van der Waals surface area contributed by atoms with Crippen LogP contribution in [-0.2, 0) is 4.74 Å². The van der Waals surface area contributed by atoms with Crippen LogP contribution < -0.4 is 11.1 Å². The van der Waals surface area contributed by atoms with E-state index in [1.165, 1.54) is 11.8 Å². The van der Waals surface area contributed by atoms with Gasteiger partial charge in [0.25, 0.3) is 5.24 Å². The predicted molar refractivity (Wildman–Crippen MR) is 56.3 cm³/mol. The van der Waals surface area contributed by atoms with Gasteiger partial charge in [-0.3, -0.25) is 4.79 Å². The first-order chi connectivity index (χ1) is 6.66. The zero-order chi connectivity index (χ0) is 10.8. The molecular formula is C8H16N2O3S. The van der Waals surface area contributed by atoms with Crippen LogP contribution >= 0.6 is 11.8 Å². The van der Waals surface area contributed by atoms with Crippen LogP contribution in [0, 0.1) is 0 Å². The molecule has 6 heteroatoms. The van der Waals surface area contributed by atoms with Crippen LogP contribution in [0.5, 0.6) is 0 Å². The molecule has 5 nitrogen and oxygen atoms in total. The number of nitrogens with two attached hydrogens (primary N) is 1. The van der Waals surface area contributed by atoms with Crippen molar-refractivity contribution in [2.45, 2.75) is 19.8 Å². The number of unbranched alkanes of at least 4 members (excludes halogenated alkanes) is 1. The Bertz CT molecular complexity index is 187. The minimum absolute atomic E-state index is 0.0912. The van der Waals surface area contributed by atoms with Gasteiger partial charge in [-0.15, -0.1) is 0 Å². The first-order valence-corrected chi connectivity index (χ1v) is 5.48. The maximum atomic E-state index is 11.0. The lowest BCUT2D eigenvalue weighted by Crippen LogP contribution is -2.26. The number of nitrogens with one attached hydrogen (secondary N) is 1. The Morgan fingerprint density at radius 3 is 2.79 bits per heavy atom. The first kappa shape index (κ1) is 13.1. The second-order valence-corrected chi connectivity index (χ2v) is 3.65. The third kappa shape index (κ3) is 9.18. The SMILES string of the molecule is CCCCSC(=O)NCCOC(N)=O. The number of ether oxygens (including phenoxy) is 1. The number of amides is 2. The summed E-state index contributed by atoms with van der Waals surface area (Å²) in [6.07, 6.45) is 1.28. The third-order valence-corrected chi connectivity index (χ3v) is 2.25. The number of carbonyl (C=O) groups is 2. The highest BCUT2D eigenvalue weighted by Crippen LogP contribution is 2.04. The molecular weight excluding hydrogens is 204 g/mol. The molecule has 0 rings (SSSR count). The van der Waals surface area contributed by atoms with Crippen molar-refractivity contribution in [1.82, 2.24) is 5.32 Å². The van der Waals surface area contributed by atoms with Crippen LogP contribution in [0.25, 0.3) is 0 Å². The highest BCUT2D eigenvalue weighted by Gasteiger charge is 2.00. The van der Waals surface area contributed by atoms with Crippen molar-refractivity contribution in [3.8, 4) is 0 Å². The summed E-state index contributed by atoms with van der Waals surface area (Å²) in [5, 5.41) is 2.50. The fourth-order valence-electron chi connectivity index (χ4n) is 0.665. The molecule has 0 saturated heterocycles. The van der Waals surface area contributed by atoms with E-state index in [9.17, 15) is 9.59 Å². The summed E-state index contributed by atoms with van der Waals surface area (Å²) in [6.45, 7) is 2.50. The van der Waals surface area contributed by atoms with E-state index in [0.29, 0.717) is 6.54 Å². The lowest BCUT2D eigenvalue weighted by Gasteiger charge is -2.03. The molecule has 0 bridgehead atoms. The fourth-order valence-corrected chi connectivity index (χ4v) is 1.49. The lowest BCUT2D eigenvalue weighted by molar-refractivity contribution is 0.158. The summed E-state index contributed by atoms with van der Waals surface area (Å²) in [4.78, 5) is 21.2. The maximum Gasteiger partial charge on any atom is 0.404 e. The average Bonchev–Trinajstić information content (AvgIpc) is 2.13. The highest BCUT2D eigenvalue weighted by molar-refractivity contribution is 8.13. The van der Waals surface area contributed by atoms with E-state index < -0.39 is 6.09 Å². The Kier molecular flexibility index (Phi) is 8.11. The third-order valence-electron chi connectivity index (χ3n) is 1.35. The molecule has 14 heavy (non-hydrogen) atoms. The summed E-state index contributed by atoms with van der Waals surface area (Å²) in [6, 6.07) is 0. The molecule has 0 aromatic heterocycles. The number of primary amides is 1. The molecule has 0 aliphatic carbocycles. The van der Waals surface area contributed by atoms with E-state index in [4.69, 9.17) is 5.73 Å². The van der Waals surface area contributed by atoms with Crippen molar-refractivity contribution < 1.29 is 14.3 Å². The van der Waals surface area contributed by atoms with Gasteiger partial charge < -0.3 is 15.8 Å². The van der Waals surface area contributed by atoms with Gasteiger partial charge >= 0.3 is 6.09 Å². The predicted octanol–water partition coefficient (Wildman–Crippen LogP) is 1.32. The van der Waals surface area contributed by atoms with Crippen LogP contribution in [0.2, 0.25) is 0 Å². The van der Waals surface area contributed by atoms with Gasteiger partial charge in [-0.05, 0) is 6.42 Å². The van der Waals surface area contributed by atoms with Crippen molar-refractivity contribution in [3.05, 3.63) is 0 Å². The normalized spacial score (nSPS) is 9.50. The Labute approximate surface area is 87.7 Å². The van der Waals surface area contributed by atoms with Crippen molar-refractivity contribution in [3.63, 3.8) is 0 Å². The minimum Gasteiger partial charge on any atom is -0.448 e. The van der Waals surface area contributed by atoms with Gasteiger partial charge in [-0.25, -0.2) is 4.79 Å². The molecule has 82 valence electrons. The molecule has 0 aliphatic rings. The summed E-state index contributed by atoms with van der Waals surface area (Å²) >= 11 is 1.24. The van der Waals surface area contributed by atoms with E-state index in [0.717, 1.165) is 18.6 Å². The van der Waals surface area contributed by atoms with Gasteiger partial charge in [0.1, 0.15) is 6.61 Å². The number of thioether (sulfide) groups is 1. The van der Waals surface area contributed by atoms with Crippen LogP contribution in [0.4, 0.5) is 9.59 Å². The van der Waals surface area contributed by atoms with Crippen LogP contribution in [-0.4, -0.2) is 30.2 Å². The summed E-state index contributed by atoms with van der Waals surface area (Å²) < 4.78 is 4.43. The Morgan fingerprint density at radius 1 is 1.50 bits per heavy atom. The fraction of sp³-hybridized carbons (Fsp3) is 0.750. The van der Waals surface area contributed by atoms with Gasteiger partial charge in [-0.1, -0.05) is 25.1 Å². The van der Waals surface area contributed by atoms with E-state index in [2.05, 4.69) is 17.0 Å². The molecule has 0 atom stereocenters. The average molecular weight is 220 g/mol. The van der Waals surface area contributed by atoms with E-state index in [-0.39, 0.29) is 11.8 Å². The summed E-state index contributed by atoms with van der Waals surface area (Å²) in [5.41, 5.74) is 4.73. The van der Waals surface area contributed by atoms with Crippen LogP contribution in [0.3, 0.4) is 0 Å². The smallest absolute Gasteiger partial charge is 0.404 e. The largest absolute Gasteiger partial charge is 0.448 e. The zero-order valence-electron chi connectivity index (χ0n) is 8.25. The quantitative estimate of drug-likeness (QED) is 0.661. The molecule has 0 saturated carbocycles. The van der Waals surface area contributed by atoms with Crippen molar-refractivity contribution >= 4 is 23.1 Å². The summed E-state index contributed by atoms with van der Waals surface area (Å²) in [7, 11) is 0. The van der Waals surface area contributed by atoms with Gasteiger partial charge in [0.2, 0.25) is 0 Å². The Hall–Kier alpha value is -0.910. The van der Waals surface area contributed by atoms with Gasteiger partial charge in [0.05, 0.1) is 6.54 Å². The molecule has 0 radical (unpaired) electrons. The topological polar surface area (TPSA) is 81.4 Å². The number of hydrogen-bond donors (Lipinski definition) is 2. The molecule has 3 N–H and O–H groups in total. The van der Waals surface area contributed by atoms with Gasteiger partial charge in [-0.2, -0.15) is 0 Å². The second kappa shape index (κ2) is 8.68. The number of carbonyl (C=O) groups excluding carboxylic acids is 2. The summed E-state index contributed by atoms with van der Waals surface area (Å²) in [5.74, 6) is 0.818. The molecule has 0 fully saturated rings. The van der Waals surface area contributed by atoms with E-state index in [1.807, 2.05) is 0 Å². The van der Waals surface area contributed by atoms with Crippen molar-refractivity contribution in [2.75, 3.05) is 18.9 Å². The van der Waals surface area contributed by atoms with Crippen LogP contribution in [0.15, 0.2) is 0 Å². The minimum atomic E-state index is -0.821. The standard InChI is InChI=1S/C8H16N2O3S/c1-2-3-6-14-8(12)10-4-5-13-7(9)11/h2-6H2,1H3,(H2,9,11)(H,10,12). The second-order valence-electron chi connectivity index (χ2n) is 2.58. The number of hydrogen-bond acceptors (Lipinski definition) is 4. The number of rotatable bonds is 6. The Morgan fingerprint density at radius 2 is 2.21 bits per heavy atom. The Balaban J connectivity index is 3.22. The molecule has 0 spiro atoms. The maximum absolute atomic E-state index is 11.0. The molecule has 0 aliphatic heterocycles. The monoisotopic (exact) mass is 220 g/mol. The van der Waals surface area contributed by atoms with E-state index >= 15 is 0 Å². The first-order valence-electron chi connectivity index (χ1n) is 4.49. The van der Waals surface area contributed by atoms with Crippen molar-refractivity contribution in [1.29, 1.82) is 0 Å². The molecule has 0 heterocycles. The molecule has 0 unspecified atom stereocenters. The van der Waals surface area contributed by atoms with Gasteiger partial charge in [0.15, 0.2) is 0 Å².